The van der Waals surface area contributed by atoms with Crippen LogP contribution in [0.1, 0.15) is 50.3 Å². The molecule has 2 rings (SSSR count). The van der Waals surface area contributed by atoms with E-state index in [1.54, 1.807) is 6.20 Å². The zero-order chi connectivity index (χ0) is 11.1. The van der Waals surface area contributed by atoms with Crippen LogP contribution in [0, 0.1) is 5.82 Å². The second kappa shape index (κ2) is 3.56. The average Bonchev–Trinajstić information content (AvgIpc) is 2.14. The molecule has 0 aromatic carbocycles. The van der Waals surface area contributed by atoms with Gasteiger partial charge in [0, 0.05) is 6.20 Å². The molecule has 0 radical (unpaired) electrons. The van der Waals surface area contributed by atoms with E-state index in [0.29, 0.717) is 12.8 Å². The van der Waals surface area contributed by atoms with E-state index >= 15 is 0 Å². The topological polar surface area (TPSA) is 33.1 Å². The van der Waals surface area contributed by atoms with Crippen LogP contribution in [0.3, 0.4) is 0 Å². The molecule has 1 saturated carbocycles. The molecule has 0 spiro atoms. The Morgan fingerprint density at radius 3 is 2.53 bits per heavy atom. The molecule has 1 aromatic heterocycles. The SMILES string of the molecule is CC(C)c1cnc(C2(O)CCC2)c(F)c1. The van der Waals surface area contributed by atoms with E-state index in [-0.39, 0.29) is 17.4 Å². The van der Waals surface area contributed by atoms with Crippen molar-refractivity contribution in [3.8, 4) is 0 Å². The predicted octanol–water partition coefficient (Wildman–Crippen LogP) is 2.72. The summed E-state index contributed by atoms with van der Waals surface area (Å²) in [6.07, 6.45) is 3.86. The number of aliphatic hydroxyl groups is 1. The quantitative estimate of drug-likeness (QED) is 0.812. The molecule has 0 saturated heterocycles. The van der Waals surface area contributed by atoms with Gasteiger partial charge in [0.05, 0.1) is 0 Å². The molecule has 82 valence electrons. The van der Waals surface area contributed by atoms with Crippen LogP contribution in [0.5, 0.6) is 0 Å². The maximum Gasteiger partial charge on any atom is 0.147 e. The summed E-state index contributed by atoms with van der Waals surface area (Å²) < 4.78 is 13.7. The lowest BCUT2D eigenvalue weighted by Crippen LogP contribution is -2.35. The Kier molecular flexibility index (Phi) is 2.51. The molecule has 3 heteroatoms. The van der Waals surface area contributed by atoms with Crippen molar-refractivity contribution >= 4 is 0 Å². The lowest BCUT2D eigenvalue weighted by molar-refractivity contribution is -0.0457. The highest BCUT2D eigenvalue weighted by Gasteiger charge is 2.39. The minimum absolute atomic E-state index is 0.221. The molecule has 1 heterocycles. The summed E-state index contributed by atoms with van der Waals surface area (Å²) in [6.45, 7) is 3.99. The lowest BCUT2D eigenvalue weighted by Gasteiger charge is -2.36. The maximum atomic E-state index is 13.7. The van der Waals surface area contributed by atoms with Crippen molar-refractivity contribution in [2.45, 2.75) is 44.6 Å². The highest BCUT2D eigenvalue weighted by Crippen LogP contribution is 2.41. The van der Waals surface area contributed by atoms with E-state index in [1.807, 2.05) is 13.8 Å². The van der Waals surface area contributed by atoms with Gasteiger partial charge in [-0.25, -0.2) is 4.39 Å². The predicted molar refractivity (Wildman–Crippen MR) is 56.0 cm³/mol. The van der Waals surface area contributed by atoms with Crippen molar-refractivity contribution < 1.29 is 9.50 Å². The molecule has 0 bridgehead atoms. The third-order valence-electron chi connectivity index (χ3n) is 3.15. The second-order valence-corrected chi connectivity index (χ2v) is 4.64. The average molecular weight is 209 g/mol. The van der Waals surface area contributed by atoms with E-state index in [2.05, 4.69) is 4.98 Å². The van der Waals surface area contributed by atoms with Crippen LogP contribution >= 0.6 is 0 Å². The van der Waals surface area contributed by atoms with Crippen LogP contribution < -0.4 is 0 Å². The highest BCUT2D eigenvalue weighted by molar-refractivity contribution is 5.24. The Hall–Kier alpha value is -0.960. The van der Waals surface area contributed by atoms with Gasteiger partial charge in [0.25, 0.3) is 0 Å². The summed E-state index contributed by atoms with van der Waals surface area (Å²) in [5.41, 5.74) is 0.0943. The summed E-state index contributed by atoms with van der Waals surface area (Å²) in [6, 6.07) is 1.49. The van der Waals surface area contributed by atoms with Gasteiger partial charge in [-0.2, -0.15) is 0 Å². The van der Waals surface area contributed by atoms with Gasteiger partial charge in [0.15, 0.2) is 0 Å². The van der Waals surface area contributed by atoms with Crippen molar-refractivity contribution in [2.75, 3.05) is 0 Å². The molecule has 1 fully saturated rings. The molecule has 1 aliphatic carbocycles. The molecule has 0 amide bonds. The van der Waals surface area contributed by atoms with Gasteiger partial charge in [-0.15, -0.1) is 0 Å². The number of rotatable bonds is 2. The smallest absolute Gasteiger partial charge is 0.147 e. The van der Waals surface area contributed by atoms with E-state index in [0.717, 1.165) is 12.0 Å². The van der Waals surface area contributed by atoms with E-state index < -0.39 is 5.60 Å². The van der Waals surface area contributed by atoms with Crippen LogP contribution in [0.25, 0.3) is 0 Å². The summed E-state index contributed by atoms with van der Waals surface area (Å²) >= 11 is 0. The van der Waals surface area contributed by atoms with Crippen molar-refractivity contribution in [3.63, 3.8) is 0 Å². The number of hydrogen-bond donors (Lipinski definition) is 1. The number of nitrogens with zero attached hydrogens (tertiary/aromatic N) is 1. The van der Waals surface area contributed by atoms with Gasteiger partial charge < -0.3 is 5.11 Å². The van der Waals surface area contributed by atoms with E-state index in [1.165, 1.54) is 6.07 Å². The number of halogens is 1. The largest absolute Gasteiger partial charge is 0.383 e. The standard InChI is InChI=1S/C12H16FNO/c1-8(2)9-6-10(13)11(14-7-9)12(15)4-3-5-12/h6-8,15H,3-5H2,1-2H3. The summed E-state index contributed by atoms with van der Waals surface area (Å²) in [7, 11) is 0. The lowest BCUT2D eigenvalue weighted by atomic mass is 9.77. The fourth-order valence-electron chi connectivity index (χ4n) is 1.86. The third kappa shape index (κ3) is 1.76. The number of aromatic nitrogens is 1. The summed E-state index contributed by atoms with van der Waals surface area (Å²) in [4.78, 5) is 4.07. The van der Waals surface area contributed by atoms with Crippen LogP contribution in [-0.2, 0) is 5.60 Å². The molecule has 1 N–H and O–H groups in total. The van der Waals surface area contributed by atoms with Gasteiger partial charge in [0.1, 0.15) is 17.1 Å². The minimum Gasteiger partial charge on any atom is -0.383 e. The molecule has 1 aliphatic rings. The van der Waals surface area contributed by atoms with Crippen molar-refractivity contribution in [2.24, 2.45) is 0 Å². The fourth-order valence-corrected chi connectivity index (χ4v) is 1.86. The maximum absolute atomic E-state index is 13.7. The molecular formula is C12H16FNO. The van der Waals surface area contributed by atoms with Crippen LogP contribution in [-0.4, -0.2) is 10.1 Å². The zero-order valence-electron chi connectivity index (χ0n) is 9.13. The number of hydrogen-bond acceptors (Lipinski definition) is 2. The van der Waals surface area contributed by atoms with Gasteiger partial charge >= 0.3 is 0 Å². The molecule has 15 heavy (non-hydrogen) atoms. The first-order chi connectivity index (χ1) is 7.03. The Balaban J connectivity index is 2.34. The minimum atomic E-state index is -1.00. The second-order valence-electron chi connectivity index (χ2n) is 4.64. The van der Waals surface area contributed by atoms with Gasteiger partial charge in [0.2, 0.25) is 0 Å². The first-order valence-corrected chi connectivity index (χ1v) is 5.41. The molecular weight excluding hydrogens is 193 g/mol. The summed E-state index contributed by atoms with van der Waals surface area (Å²) in [5, 5.41) is 9.99. The Bertz CT molecular complexity index is 372. The fraction of sp³-hybridized carbons (Fsp3) is 0.583. The normalized spacial score (nSPS) is 19.0. The van der Waals surface area contributed by atoms with Crippen LogP contribution in [0.4, 0.5) is 4.39 Å². The highest BCUT2D eigenvalue weighted by atomic mass is 19.1. The Labute approximate surface area is 89.2 Å². The van der Waals surface area contributed by atoms with E-state index in [4.69, 9.17) is 0 Å². The molecule has 0 aliphatic heterocycles. The van der Waals surface area contributed by atoms with Gasteiger partial charge in [-0.3, -0.25) is 4.98 Å². The van der Waals surface area contributed by atoms with Gasteiger partial charge in [-0.05, 0) is 36.8 Å². The number of pyridine rings is 1. The molecule has 1 aromatic rings. The van der Waals surface area contributed by atoms with Crippen LogP contribution in [0.2, 0.25) is 0 Å². The Morgan fingerprint density at radius 2 is 2.13 bits per heavy atom. The Morgan fingerprint density at radius 1 is 1.47 bits per heavy atom. The first kappa shape index (κ1) is 10.6. The molecule has 0 atom stereocenters. The van der Waals surface area contributed by atoms with Crippen molar-refractivity contribution in [1.29, 1.82) is 0 Å². The van der Waals surface area contributed by atoms with Crippen molar-refractivity contribution in [3.05, 3.63) is 29.3 Å². The van der Waals surface area contributed by atoms with Gasteiger partial charge in [-0.1, -0.05) is 13.8 Å². The monoisotopic (exact) mass is 209 g/mol. The zero-order valence-corrected chi connectivity index (χ0v) is 9.13. The molecule has 2 nitrogen and oxygen atoms in total. The van der Waals surface area contributed by atoms with Crippen LogP contribution in [0.15, 0.2) is 12.3 Å². The third-order valence-corrected chi connectivity index (χ3v) is 3.15. The van der Waals surface area contributed by atoms with E-state index in [9.17, 15) is 9.50 Å². The molecule has 0 unspecified atom stereocenters. The van der Waals surface area contributed by atoms with Crippen molar-refractivity contribution in [1.82, 2.24) is 4.98 Å². The first-order valence-electron chi connectivity index (χ1n) is 5.41. The summed E-state index contributed by atoms with van der Waals surface area (Å²) in [5.74, 6) is -0.111.